The van der Waals surface area contributed by atoms with Gasteiger partial charge in [-0.3, -0.25) is 0 Å². The number of aliphatic hydroxyl groups is 1. The van der Waals surface area contributed by atoms with Gasteiger partial charge in [0, 0.05) is 5.92 Å². The molecule has 2 nitrogen and oxygen atoms in total. The van der Waals surface area contributed by atoms with E-state index in [1.54, 1.807) is 5.57 Å². The summed E-state index contributed by atoms with van der Waals surface area (Å²) in [7, 11) is 0. The van der Waals surface area contributed by atoms with Crippen molar-refractivity contribution in [2.45, 2.75) is 90.1 Å². The third-order valence-corrected chi connectivity index (χ3v) is 9.17. The Morgan fingerprint density at radius 2 is 1.90 bits per heavy atom. The molecule has 0 spiro atoms. The van der Waals surface area contributed by atoms with Gasteiger partial charge >= 0.3 is 0 Å². The third-order valence-electron chi connectivity index (χ3n) is 9.17. The Kier molecular flexibility index (Phi) is 7.37. The van der Waals surface area contributed by atoms with Crippen molar-refractivity contribution in [3.8, 4) is 0 Å². The zero-order valence-corrected chi connectivity index (χ0v) is 19.3. The highest BCUT2D eigenvalue weighted by Gasteiger charge is 2.48. The Morgan fingerprint density at radius 1 is 1.13 bits per heavy atom. The van der Waals surface area contributed by atoms with E-state index >= 15 is 0 Å². The summed E-state index contributed by atoms with van der Waals surface area (Å²) in [5, 5.41) is 10.1. The predicted octanol–water partition coefficient (Wildman–Crippen LogP) is 6.52. The van der Waals surface area contributed by atoms with Crippen molar-refractivity contribution in [3.63, 3.8) is 0 Å². The van der Waals surface area contributed by atoms with Gasteiger partial charge in [0.05, 0.1) is 6.10 Å². The minimum Gasteiger partial charge on any atom is -0.388 e. The van der Waals surface area contributed by atoms with Crippen LogP contribution in [0.3, 0.4) is 0 Å². The lowest BCUT2D eigenvalue weighted by molar-refractivity contribution is 0.0315. The Morgan fingerprint density at radius 3 is 2.61 bits per heavy atom. The van der Waals surface area contributed by atoms with Crippen LogP contribution in [-0.2, 0) is 0 Å². The zero-order valence-electron chi connectivity index (χ0n) is 19.3. The van der Waals surface area contributed by atoms with Crippen LogP contribution in [0.25, 0.3) is 0 Å². The van der Waals surface area contributed by atoms with Crippen LogP contribution in [0.5, 0.6) is 0 Å². The first kappa shape index (κ1) is 23.2. The highest BCUT2D eigenvalue weighted by atomic mass is 19.3. The summed E-state index contributed by atoms with van der Waals surface area (Å²) in [5.41, 5.74) is 4.36. The van der Waals surface area contributed by atoms with Gasteiger partial charge in [-0.05, 0) is 113 Å². The topological polar surface area (TPSA) is 23.5 Å². The third kappa shape index (κ3) is 5.16. The number of nitrogens with zero attached hydrogens (tertiary/aromatic N) is 1. The van der Waals surface area contributed by atoms with E-state index in [4.69, 9.17) is 0 Å². The van der Waals surface area contributed by atoms with Crippen molar-refractivity contribution in [3.05, 3.63) is 35.5 Å². The SMILES string of the molecule is C=C1CC/C(=C/C=C2\CCCC3(C)C2CC[C@@H]3CCN2CCC(C(F)F)CC2)CC1O. The molecule has 1 heterocycles. The summed E-state index contributed by atoms with van der Waals surface area (Å²) in [6.07, 6.45) is 13.8. The monoisotopic (exact) mass is 433 g/mol. The van der Waals surface area contributed by atoms with Gasteiger partial charge in [-0.1, -0.05) is 36.8 Å². The molecule has 0 bridgehead atoms. The molecule has 31 heavy (non-hydrogen) atoms. The number of halogens is 2. The molecule has 1 N–H and O–H groups in total. The minimum absolute atomic E-state index is 0.364. The normalized spacial score (nSPS) is 38.4. The molecule has 3 aliphatic carbocycles. The lowest BCUT2D eigenvalue weighted by Gasteiger charge is -2.43. The smallest absolute Gasteiger partial charge is 0.241 e. The van der Waals surface area contributed by atoms with Crippen LogP contribution in [-0.4, -0.2) is 42.2 Å². The van der Waals surface area contributed by atoms with Gasteiger partial charge in [0.2, 0.25) is 6.43 Å². The van der Waals surface area contributed by atoms with Crippen LogP contribution in [0.2, 0.25) is 0 Å². The van der Waals surface area contributed by atoms with E-state index in [-0.39, 0.29) is 12.0 Å². The summed E-state index contributed by atoms with van der Waals surface area (Å²) in [6, 6.07) is 0. The Bertz CT molecular complexity index is 706. The summed E-state index contributed by atoms with van der Waals surface area (Å²) in [4.78, 5) is 2.43. The van der Waals surface area contributed by atoms with Crippen molar-refractivity contribution < 1.29 is 13.9 Å². The maximum absolute atomic E-state index is 12.9. The van der Waals surface area contributed by atoms with Gasteiger partial charge in [0.15, 0.2) is 0 Å². The quantitative estimate of drug-likeness (QED) is 0.499. The van der Waals surface area contributed by atoms with Crippen LogP contribution >= 0.6 is 0 Å². The number of fused-ring (bicyclic) bond motifs is 1. The van der Waals surface area contributed by atoms with E-state index < -0.39 is 6.43 Å². The molecule has 4 rings (SSSR count). The molecule has 3 unspecified atom stereocenters. The lowest BCUT2D eigenvalue weighted by Crippen LogP contribution is -2.39. The van der Waals surface area contributed by atoms with Crippen LogP contribution in [0.15, 0.2) is 35.5 Å². The van der Waals surface area contributed by atoms with E-state index in [1.165, 1.54) is 44.1 Å². The maximum atomic E-state index is 12.9. The maximum Gasteiger partial charge on any atom is 0.241 e. The fourth-order valence-electron chi connectivity index (χ4n) is 6.95. The molecular weight excluding hydrogens is 392 g/mol. The highest BCUT2D eigenvalue weighted by molar-refractivity contribution is 5.27. The standard InChI is InChI=1S/C27H41F2NO/c1-19-5-6-20(18-25(19)31)7-8-21-4-3-14-27(2)23(9-10-24(21)27)13-17-30-15-11-22(12-16-30)26(28)29/h7-8,22-26,31H,1,3-6,9-18H2,2H3/b20-7-,21-8+/t23-,24?,25?,27?/m1/s1. The molecular formula is C27H41F2NO. The first-order valence-electron chi connectivity index (χ1n) is 12.6. The second-order valence-corrected chi connectivity index (χ2v) is 10.9. The lowest BCUT2D eigenvalue weighted by atomic mass is 9.63. The second kappa shape index (κ2) is 9.87. The molecule has 4 atom stereocenters. The zero-order chi connectivity index (χ0) is 22.0. The molecule has 0 aromatic heterocycles. The Hall–Kier alpha value is -1.00. The molecule has 0 radical (unpaired) electrons. The Balaban J connectivity index is 1.34. The van der Waals surface area contributed by atoms with Crippen LogP contribution < -0.4 is 0 Å². The van der Waals surface area contributed by atoms with Crippen LogP contribution in [0.4, 0.5) is 8.78 Å². The molecule has 0 aromatic rings. The summed E-state index contributed by atoms with van der Waals surface area (Å²) in [5.74, 6) is 1.06. The van der Waals surface area contributed by atoms with Crippen molar-refractivity contribution in [2.24, 2.45) is 23.2 Å². The number of aliphatic hydroxyl groups excluding tert-OH is 1. The molecule has 1 aliphatic heterocycles. The fourth-order valence-corrected chi connectivity index (χ4v) is 6.95. The number of allylic oxidation sites excluding steroid dienone is 3. The van der Waals surface area contributed by atoms with Gasteiger partial charge < -0.3 is 10.0 Å². The predicted molar refractivity (Wildman–Crippen MR) is 123 cm³/mol. The van der Waals surface area contributed by atoms with Gasteiger partial charge in [-0.2, -0.15) is 0 Å². The van der Waals surface area contributed by atoms with Crippen molar-refractivity contribution in [1.82, 2.24) is 4.90 Å². The summed E-state index contributed by atoms with van der Waals surface area (Å²) >= 11 is 0. The first-order valence-corrected chi connectivity index (χ1v) is 12.6. The fraction of sp³-hybridized carbons (Fsp3) is 0.778. The Labute approximate surface area is 187 Å². The first-order chi connectivity index (χ1) is 14.9. The largest absolute Gasteiger partial charge is 0.388 e. The van der Waals surface area contributed by atoms with Gasteiger partial charge in [-0.15, -0.1) is 0 Å². The van der Waals surface area contributed by atoms with E-state index in [1.807, 2.05) is 0 Å². The average Bonchev–Trinajstić information content (AvgIpc) is 3.10. The molecule has 4 aliphatic rings. The van der Waals surface area contributed by atoms with Crippen molar-refractivity contribution in [2.75, 3.05) is 19.6 Å². The number of alkyl halides is 2. The summed E-state index contributed by atoms with van der Waals surface area (Å²) in [6.45, 7) is 9.26. The molecule has 1 saturated heterocycles. The van der Waals surface area contributed by atoms with E-state index in [0.717, 1.165) is 50.4 Å². The number of hydrogen-bond donors (Lipinski definition) is 1. The number of piperidine rings is 1. The van der Waals surface area contributed by atoms with Crippen molar-refractivity contribution in [1.29, 1.82) is 0 Å². The number of hydrogen-bond acceptors (Lipinski definition) is 2. The van der Waals surface area contributed by atoms with E-state index in [9.17, 15) is 13.9 Å². The van der Waals surface area contributed by atoms with E-state index in [0.29, 0.717) is 24.2 Å². The molecule has 174 valence electrons. The van der Waals surface area contributed by atoms with Gasteiger partial charge in [-0.25, -0.2) is 8.78 Å². The molecule has 0 aromatic carbocycles. The average molecular weight is 434 g/mol. The highest BCUT2D eigenvalue weighted by Crippen LogP contribution is 2.58. The van der Waals surface area contributed by atoms with Crippen LogP contribution in [0, 0.1) is 23.2 Å². The molecule has 0 amide bonds. The number of rotatable bonds is 5. The molecule has 4 fully saturated rings. The number of likely N-dealkylation sites (tertiary alicyclic amines) is 1. The van der Waals surface area contributed by atoms with E-state index in [2.05, 4.69) is 30.6 Å². The van der Waals surface area contributed by atoms with Crippen molar-refractivity contribution >= 4 is 0 Å². The van der Waals surface area contributed by atoms with Gasteiger partial charge in [0.1, 0.15) is 0 Å². The minimum atomic E-state index is -2.14. The molecule has 3 saturated carbocycles. The molecule has 4 heteroatoms. The summed E-state index contributed by atoms with van der Waals surface area (Å²) < 4.78 is 25.9. The van der Waals surface area contributed by atoms with Gasteiger partial charge in [0.25, 0.3) is 0 Å². The second-order valence-electron chi connectivity index (χ2n) is 10.9. The van der Waals surface area contributed by atoms with Crippen LogP contribution in [0.1, 0.15) is 77.6 Å².